The SMILES string of the molecule is CN(Cc1ccc2[nH]c(-c3ccnc4nc[nH]c34)cc2c1)C1CCCCC1. The van der Waals surface area contributed by atoms with E-state index in [-0.39, 0.29) is 0 Å². The quantitative estimate of drug-likeness (QED) is 0.546. The maximum atomic E-state index is 4.31. The van der Waals surface area contributed by atoms with E-state index in [0.717, 1.165) is 35.0 Å². The fraction of sp³-hybridized carbons (Fsp3) is 0.364. The molecule has 0 radical (unpaired) electrons. The molecule has 0 bridgehead atoms. The van der Waals surface area contributed by atoms with Crippen LogP contribution in [0.25, 0.3) is 33.3 Å². The summed E-state index contributed by atoms with van der Waals surface area (Å²) < 4.78 is 0. The molecular weight excluding hydrogens is 334 g/mol. The Bertz CT molecular complexity index is 1070. The van der Waals surface area contributed by atoms with Crippen molar-refractivity contribution in [2.45, 2.75) is 44.7 Å². The molecule has 0 unspecified atom stereocenters. The number of H-pyrrole nitrogens is 2. The number of aromatic amines is 2. The number of nitrogens with one attached hydrogen (secondary N) is 2. The number of benzene rings is 1. The van der Waals surface area contributed by atoms with E-state index in [9.17, 15) is 0 Å². The van der Waals surface area contributed by atoms with Crippen molar-refractivity contribution in [1.82, 2.24) is 24.8 Å². The lowest BCUT2D eigenvalue weighted by molar-refractivity contribution is 0.184. The molecule has 2 N–H and O–H groups in total. The highest BCUT2D eigenvalue weighted by Crippen LogP contribution is 2.29. The van der Waals surface area contributed by atoms with Gasteiger partial charge in [0.05, 0.1) is 11.8 Å². The second-order valence-corrected chi connectivity index (χ2v) is 7.77. The van der Waals surface area contributed by atoms with Crippen LogP contribution in [0.1, 0.15) is 37.7 Å². The maximum Gasteiger partial charge on any atom is 0.178 e. The van der Waals surface area contributed by atoms with Gasteiger partial charge >= 0.3 is 0 Å². The standard InChI is InChI=1S/C22H25N5/c1-27(17-5-3-2-4-6-17)13-15-7-8-19-16(11-15)12-20(26-19)18-9-10-23-22-21(18)24-14-25-22/h7-12,14,17,26H,2-6,13H2,1H3,(H,23,24,25). The number of rotatable bonds is 4. The fourth-order valence-corrected chi connectivity index (χ4v) is 4.44. The molecule has 3 heterocycles. The van der Waals surface area contributed by atoms with Crippen molar-refractivity contribution < 1.29 is 0 Å². The molecule has 1 fully saturated rings. The molecule has 5 nitrogen and oxygen atoms in total. The minimum absolute atomic E-state index is 0.738. The summed E-state index contributed by atoms with van der Waals surface area (Å²) in [6.07, 6.45) is 10.4. The third-order valence-electron chi connectivity index (χ3n) is 5.93. The smallest absolute Gasteiger partial charge is 0.178 e. The molecule has 27 heavy (non-hydrogen) atoms. The molecule has 0 atom stereocenters. The van der Waals surface area contributed by atoms with Crippen LogP contribution in [0.2, 0.25) is 0 Å². The van der Waals surface area contributed by atoms with Gasteiger partial charge in [-0.15, -0.1) is 0 Å². The zero-order chi connectivity index (χ0) is 18.2. The molecule has 0 saturated heterocycles. The van der Waals surface area contributed by atoms with Gasteiger partial charge in [0.15, 0.2) is 5.65 Å². The first-order valence-corrected chi connectivity index (χ1v) is 9.88. The monoisotopic (exact) mass is 359 g/mol. The molecule has 5 rings (SSSR count). The minimum Gasteiger partial charge on any atom is -0.354 e. The van der Waals surface area contributed by atoms with Crippen LogP contribution >= 0.6 is 0 Å². The topological polar surface area (TPSA) is 60.6 Å². The second kappa shape index (κ2) is 6.82. The van der Waals surface area contributed by atoms with Crippen LogP contribution in [0.4, 0.5) is 0 Å². The third-order valence-corrected chi connectivity index (χ3v) is 5.93. The van der Waals surface area contributed by atoms with Gasteiger partial charge in [-0.3, -0.25) is 4.90 Å². The maximum absolute atomic E-state index is 4.31. The molecule has 1 aliphatic rings. The van der Waals surface area contributed by atoms with Gasteiger partial charge in [0.25, 0.3) is 0 Å². The van der Waals surface area contributed by atoms with Gasteiger partial charge in [0, 0.05) is 40.9 Å². The van der Waals surface area contributed by atoms with E-state index in [2.05, 4.69) is 56.1 Å². The first-order valence-electron chi connectivity index (χ1n) is 9.88. The molecule has 0 amide bonds. The van der Waals surface area contributed by atoms with E-state index in [1.165, 1.54) is 48.6 Å². The first kappa shape index (κ1) is 16.5. The van der Waals surface area contributed by atoms with Gasteiger partial charge in [-0.05, 0) is 49.7 Å². The lowest BCUT2D eigenvalue weighted by atomic mass is 9.94. The zero-order valence-electron chi connectivity index (χ0n) is 15.7. The fourth-order valence-electron chi connectivity index (χ4n) is 4.44. The summed E-state index contributed by atoms with van der Waals surface area (Å²) in [4.78, 5) is 17.9. The van der Waals surface area contributed by atoms with Crippen molar-refractivity contribution in [3.05, 3.63) is 48.4 Å². The van der Waals surface area contributed by atoms with Gasteiger partial charge in [0.1, 0.15) is 0 Å². The summed E-state index contributed by atoms with van der Waals surface area (Å²) in [7, 11) is 2.27. The molecule has 5 heteroatoms. The number of hydrogen-bond donors (Lipinski definition) is 2. The van der Waals surface area contributed by atoms with Crippen molar-refractivity contribution >= 4 is 22.1 Å². The number of nitrogens with zero attached hydrogens (tertiary/aromatic N) is 3. The Balaban J connectivity index is 1.44. The highest BCUT2D eigenvalue weighted by atomic mass is 15.1. The minimum atomic E-state index is 0.738. The van der Waals surface area contributed by atoms with Crippen molar-refractivity contribution in [1.29, 1.82) is 0 Å². The molecule has 1 aliphatic carbocycles. The summed E-state index contributed by atoms with van der Waals surface area (Å²) in [5, 5.41) is 1.25. The van der Waals surface area contributed by atoms with Crippen LogP contribution in [0.5, 0.6) is 0 Å². The van der Waals surface area contributed by atoms with Crippen LogP contribution in [0.15, 0.2) is 42.9 Å². The predicted molar refractivity (Wildman–Crippen MR) is 110 cm³/mol. The Morgan fingerprint density at radius 2 is 1.96 bits per heavy atom. The number of hydrogen-bond acceptors (Lipinski definition) is 3. The lowest BCUT2D eigenvalue weighted by Gasteiger charge is -2.31. The average Bonchev–Trinajstić information content (AvgIpc) is 3.34. The highest BCUT2D eigenvalue weighted by molar-refractivity contribution is 5.93. The predicted octanol–water partition coefficient (Wildman–Crippen LogP) is 4.87. The van der Waals surface area contributed by atoms with Crippen molar-refractivity contribution in [3.63, 3.8) is 0 Å². The Morgan fingerprint density at radius 1 is 1.07 bits per heavy atom. The van der Waals surface area contributed by atoms with E-state index >= 15 is 0 Å². The molecule has 138 valence electrons. The van der Waals surface area contributed by atoms with Crippen LogP contribution in [-0.4, -0.2) is 37.9 Å². The molecule has 4 aromatic rings. The molecule has 1 aromatic carbocycles. The van der Waals surface area contributed by atoms with Crippen molar-refractivity contribution in [2.75, 3.05) is 7.05 Å². The van der Waals surface area contributed by atoms with Crippen molar-refractivity contribution in [2.24, 2.45) is 0 Å². The van der Waals surface area contributed by atoms with Gasteiger partial charge in [0.2, 0.25) is 0 Å². The summed E-state index contributed by atoms with van der Waals surface area (Å²) in [5.41, 5.74) is 6.47. The van der Waals surface area contributed by atoms with E-state index in [0.29, 0.717) is 0 Å². The van der Waals surface area contributed by atoms with Gasteiger partial charge in [-0.2, -0.15) is 0 Å². The summed E-state index contributed by atoms with van der Waals surface area (Å²) >= 11 is 0. The molecular formula is C22H25N5. The largest absolute Gasteiger partial charge is 0.354 e. The third kappa shape index (κ3) is 3.12. The Labute approximate surface area is 158 Å². The van der Waals surface area contributed by atoms with E-state index in [4.69, 9.17) is 0 Å². The lowest BCUT2D eigenvalue weighted by Crippen LogP contribution is -2.32. The second-order valence-electron chi connectivity index (χ2n) is 7.77. The van der Waals surface area contributed by atoms with Gasteiger partial charge in [-0.25, -0.2) is 9.97 Å². The van der Waals surface area contributed by atoms with Crippen LogP contribution < -0.4 is 0 Å². The van der Waals surface area contributed by atoms with Crippen LogP contribution in [0, 0.1) is 0 Å². The number of fused-ring (bicyclic) bond motifs is 2. The molecule has 1 saturated carbocycles. The Kier molecular flexibility index (Phi) is 4.17. The zero-order valence-corrected chi connectivity index (χ0v) is 15.7. The number of aromatic nitrogens is 4. The highest BCUT2D eigenvalue weighted by Gasteiger charge is 2.18. The number of pyridine rings is 1. The average molecular weight is 359 g/mol. The van der Waals surface area contributed by atoms with Crippen molar-refractivity contribution in [3.8, 4) is 11.3 Å². The van der Waals surface area contributed by atoms with E-state index < -0.39 is 0 Å². The summed E-state index contributed by atoms with van der Waals surface area (Å²) in [6.45, 7) is 1.02. The molecule has 0 aliphatic heterocycles. The number of imidazole rings is 1. The van der Waals surface area contributed by atoms with E-state index in [1.807, 2.05) is 12.3 Å². The first-order chi connectivity index (χ1) is 13.3. The molecule has 0 spiro atoms. The molecule has 3 aromatic heterocycles. The van der Waals surface area contributed by atoms with E-state index in [1.54, 1.807) is 6.33 Å². The summed E-state index contributed by atoms with van der Waals surface area (Å²) in [5.74, 6) is 0. The summed E-state index contributed by atoms with van der Waals surface area (Å²) in [6, 6.07) is 11.8. The Morgan fingerprint density at radius 3 is 2.85 bits per heavy atom. The van der Waals surface area contributed by atoms with Crippen LogP contribution in [-0.2, 0) is 6.54 Å². The van der Waals surface area contributed by atoms with Crippen LogP contribution in [0.3, 0.4) is 0 Å². The normalized spacial score (nSPS) is 15.9. The Hall–Kier alpha value is -2.66. The van der Waals surface area contributed by atoms with Gasteiger partial charge < -0.3 is 9.97 Å². The van der Waals surface area contributed by atoms with Gasteiger partial charge in [-0.1, -0.05) is 25.3 Å².